The van der Waals surface area contributed by atoms with E-state index in [1.807, 2.05) is 18.2 Å². The molecule has 84 valence electrons. The summed E-state index contributed by atoms with van der Waals surface area (Å²) in [5.74, 6) is 0.389. The van der Waals surface area contributed by atoms with E-state index in [0.717, 1.165) is 18.4 Å². The number of rotatable bonds is 5. The molecule has 15 heavy (non-hydrogen) atoms. The maximum atomic E-state index is 9.76. The molecule has 2 nitrogen and oxygen atoms in total. The van der Waals surface area contributed by atoms with Gasteiger partial charge in [0.05, 0.1) is 0 Å². The van der Waals surface area contributed by atoms with Crippen molar-refractivity contribution >= 4 is 0 Å². The van der Waals surface area contributed by atoms with Gasteiger partial charge in [-0.3, -0.25) is 0 Å². The summed E-state index contributed by atoms with van der Waals surface area (Å²) in [4.78, 5) is 0. The average molecular weight is 207 g/mol. The van der Waals surface area contributed by atoms with Gasteiger partial charge in [-0.1, -0.05) is 32.0 Å². The molecule has 2 N–H and O–H groups in total. The lowest BCUT2D eigenvalue weighted by Crippen LogP contribution is -2.29. The van der Waals surface area contributed by atoms with Crippen LogP contribution in [-0.2, 0) is 0 Å². The fourth-order valence-electron chi connectivity index (χ4n) is 1.67. The SMILES string of the molecule is CC[C@H](C)N[C@H](CC)c1ccccc1O. The summed E-state index contributed by atoms with van der Waals surface area (Å²) >= 11 is 0. The van der Waals surface area contributed by atoms with E-state index in [9.17, 15) is 5.11 Å². The monoisotopic (exact) mass is 207 g/mol. The maximum Gasteiger partial charge on any atom is 0.120 e. The quantitative estimate of drug-likeness (QED) is 0.777. The molecule has 0 amide bonds. The smallest absolute Gasteiger partial charge is 0.120 e. The molecule has 1 rings (SSSR count). The first-order chi connectivity index (χ1) is 7.19. The Kier molecular flexibility index (Phi) is 4.63. The highest BCUT2D eigenvalue weighted by Crippen LogP contribution is 2.26. The van der Waals surface area contributed by atoms with Crippen molar-refractivity contribution < 1.29 is 5.11 Å². The number of phenolic OH excluding ortho intramolecular Hbond substituents is 1. The zero-order valence-corrected chi connectivity index (χ0v) is 9.83. The van der Waals surface area contributed by atoms with Crippen molar-refractivity contribution in [1.29, 1.82) is 0 Å². The van der Waals surface area contributed by atoms with Crippen LogP contribution in [0.25, 0.3) is 0 Å². The number of para-hydroxylation sites is 1. The van der Waals surface area contributed by atoms with E-state index in [1.54, 1.807) is 6.07 Å². The Balaban J connectivity index is 2.78. The van der Waals surface area contributed by atoms with Gasteiger partial charge in [-0.15, -0.1) is 0 Å². The third-order valence-corrected chi connectivity index (χ3v) is 2.82. The van der Waals surface area contributed by atoms with Crippen LogP contribution in [0.1, 0.15) is 45.2 Å². The second-order valence-electron chi connectivity index (χ2n) is 4.00. The van der Waals surface area contributed by atoms with Crippen LogP contribution >= 0.6 is 0 Å². The molecule has 0 aliphatic rings. The van der Waals surface area contributed by atoms with Crippen molar-refractivity contribution in [3.63, 3.8) is 0 Å². The van der Waals surface area contributed by atoms with Crippen LogP contribution < -0.4 is 5.32 Å². The number of benzene rings is 1. The molecule has 1 aromatic carbocycles. The summed E-state index contributed by atoms with van der Waals surface area (Å²) in [6, 6.07) is 8.29. The lowest BCUT2D eigenvalue weighted by molar-refractivity contribution is 0.410. The van der Waals surface area contributed by atoms with E-state index in [1.165, 1.54) is 0 Å². The van der Waals surface area contributed by atoms with E-state index >= 15 is 0 Å². The second-order valence-corrected chi connectivity index (χ2v) is 4.00. The van der Waals surface area contributed by atoms with Crippen LogP contribution in [0.4, 0.5) is 0 Å². The molecule has 0 aliphatic carbocycles. The normalized spacial score (nSPS) is 14.9. The van der Waals surface area contributed by atoms with Gasteiger partial charge in [-0.05, 0) is 25.8 Å². The van der Waals surface area contributed by atoms with Crippen LogP contribution in [0, 0.1) is 0 Å². The van der Waals surface area contributed by atoms with Gasteiger partial charge >= 0.3 is 0 Å². The number of aromatic hydroxyl groups is 1. The Morgan fingerprint density at radius 2 is 1.87 bits per heavy atom. The standard InChI is InChI=1S/C13H21NO/c1-4-10(3)14-12(5-2)11-8-6-7-9-13(11)15/h6-10,12,14-15H,4-5H2,1-3H3/t10-,12+/m0/s1. The molecule has 0 saturated heterocycles. The van der Waals surface area contributed by atoms with Gasteiger partial charge in [0.15, 0.2) is 0 Å². The van der Waals surface area contributed by atoms with E-state index < -0.39 is 0 Å². The first-order valence-electron chi connectivity index (χ1n) is 5.73. The van der Waals surface area contributed by atoms with Gasteiger partial charge in [0.25, 0.3) is 0 Å². The van der Waals surface area contributed by atoms with Gasteiger partial charge in [0.2, 0.25) is 0 Å². The summed E-state index contributed by atoms with van der Waals surface area (Å²) in [7, 11) is 0. The van der Waals surface area contributed by atoms with Gasteiger partial charge < -0.3 is 10.4 Å². The highest BCUT2D eigenvalue weighted by Gasteiger charge is 2.14. The van der Waals surface area contributed by atoms with E-state index in [-0.39, 0.29) is 6.04 Å². The maximum absolute atomic E-state index is 9.76. The molecule has 0 bridgehead atoms. The molecule has 0 radical (unpaired) electrons. The molecular formula is C13H21NO. The highest BCUT2D eigenvalue weighted by atomic mass is 16.3. The highest BCUT2D eigenvalue weighted by molar-refractivity contribution is 5.34. The topological polar surface area (TPSA) is 32.3 Å². The number of nitrogens with one attached hydrogen (secondary N) is 1. The Hall–Kier alpha value is -1.02. The predicted molar refractivity (Wildman–Crippen MR) is 64.0 cm³/mol. The molecule has 0 aromatic heterocycles. The molecule has 0 fully saturated rings. The molecule has 0 spiro atoms. The molecule has 0 saturated carbocycles. The Morgan fingerprint density at radius 1 is 1.20 bits per heavy atom. The molecule has 0 heterocycles. The summed E-state index contributed by atoms with van der Waals surface area (Å²) in [5.41, 5.74) is 1.00. The number of hydrogen-bond acceptors (Lipinski definition) is 2. The summed E-state index contributed by atoms with van der Waals surface area (Å²) in [6.45, 7) is 6.46. The Labute approximate surface area is 92.3 Å². The Bertz CT molecular complexity index is 298. The first-order valence-corrected chi connectivity index (χ1v) is 5.73. The van der Waals surface area contributed by atoms with Gasteiger partial charge in [-0.2, -0.15) is 0 Å². The van der Waals surface area contributed by atoms with Crippen molar-refractivity contribution in [2.45, 2.75) is 45.7 Å². The summed E-state index contributed by atoms with van der Waals surface area (Å²) < 4.78 is 0. The van der Waals surface area contributed by atoms with Crippen LogP contribution in [0.15, 0.2) is 24.3 Å². The van der Waals surface area contributed by atoms with Crippen molar-refractivity contribution in [1.82, 2.24) is 5.32 Å². The van der Waals surface area contributed by atoms with E-state index in [0.29, 0.717) is 11.8 Å². The zero-order valence-electron chi connectivity index (χ0n) is 9.83. The third kappa shape index (κ3) is 3.24. The minimum atomic E-state index is 0.251. The van der Waals surface area contributed by atoms with Crippen molar-refractivity contribution in [2.24, 2.45) is 0 Å². The van der Waals surface area contributed by atoms with Crippen LogP contribution in [0.2, 0.25) is 0 Å². The van der Waals surface area contributed by atoms with Gasteiger partial charge in [0.1, 0.15) is 5.75 Å². The molecule has 0 unspecified atom stereocenters. The lowest BCUT2D eigenvalue weighted by atomic mass is 10.0. The van der Waals surface area contributed by atoms with Crippen molar-refractivity contribution in [2.75, 3.05) is 0 Å². The fourth-order valence-corrected chi connectivity index (χ4v) is 1.67. The molecule has 0 aliphatic heterocycles. The number of phenols is 1. The van der Waals surface area contributed by atoms with Crippen LogP contribution in [0.5, 0.6) is 5.75 Å². The minimum Gasteiger partial charge on any atom is -0.508 e. The zero-order chi connectivity index (χ0) is 11.3. The Morgan fingerprint density at radius 3 is 2.40 bits per heavy atom. The fraction of sp³-hybridized carbons (Fsp3) is 0.538. The molecule has 2 atom stereocenters. The number of hydrogen-bond donors (Lipinski definition) is 2. The molecule has 1 aromatic rings. The summed E-state index contributed by atoms with van der Waals surface area (Å²) in [6.07, 6.45) is 2.09. The van der Waals surface area contributed by atoms with Crippen molar-refractivity contribution in [3.05, 3.63) is 29.8 Å². The summed E-state index contributed by atoms with van der Waals surface area (Å²) in [5, 5.41) is 13.3. The van der Waals surface area contributed by atoms with Crippen LogP contribution in [-0.4, -0.2) is 11.1 Å². The van der Waals surface area contributed by atoms with Gasteiger partial charge in [-0.25, -0.2) is 0 Å². The predicted octanol–water partition coefficient (Wildman–Crippen LogP) is 3.23. The molecular weight excluding hydrogens is 186 g/mol. The minimum absolute atomic E-state index is 0.251. The molecule has 2 heteroatoms. The van der Waals surface area contributed by atoms with Crippen LogP contribution in [0.3, 0.4) is 0 Å². The van der Waals surface area contributed by atoms with E-state index in [2.05, 4.69) is 26.1 Å². The lowest BCUT2D eigenvalue weighted by Gasteiger charge is -2.22. The third-order valence-electron chi connectivity index (χ3n) is 2.82. The average Bonchev–Trinajstić information content (AvgIpc) is 2.26. The first kappa shape index (κ1) is 12.1. The van der Waals surface area contributed by atoms with Crippen molar-refractivity contribution in [3.8, 4) is 5.75 Å². The van der Waals surface area contributed by atoms with Gasteiger partial charge in [0, 0.05) is 17.6 Å². The largest absolute Gasteiger partial charge is 0.508 e. The van der Waals surface area contributed by atoms with E-state index in [4.69, 9.17) is 0 Å². The second kappa shape index (κ2) is 5.76.